The SMILES string of the molecule is Cl.OCCCN1CCc2ccccc21. The molecule has 78 valence electrons. The van der Waals surface area contributed by atoms with Gasteiger partial charge in [0.15, 0.2) is 0 Å². The first kappa shape index (κ1) is 11.3. The quantitative estimate of drug-likeness (QED) is 0.829. The standard InChI is InChI=1S/C11H15NO.ClH/c13-9-3-7-12-8-6-10-4-1-2-5-11(10)12;/h1-2,4-5,13H,3,6-9H2;1H. The fraction of sp³-hybridized carbons (Fsp3) is 0.455. The van der Waals surface area contributed by atoms with Crippen molar-refractivity contribution >= 4 is 18.1 Å². The molecule has 0 aliphatic carbocycles. The number of hydrogen-bond donors (Lipinski definition) is 1. The van der Waals surface area contributed by atoms with Gasteiger partial charge in [-0.25, -0.2) is 0 Å². The summed E-state index contributed by atoms with van der Waals surface area (Å²) in [4.78, 5) is 2.35. The Hall–Kier alpha value is -0.730. The normalized spacial score (nSPS) is 13.6. The molecular weight excluding hydrogens is 198 g/mol. The molecule has 0 aromatic heterocycles. The van der Waals surface area contributed by atoms with E-state index in [1.54, 1.807) is 0 Å². The lowest BCUT2D eigenvalue weighted by molar-refractivity contribution is 0.290. The number of hydrogen-bond acceptors (Lipinski definition) is 2. The largest absolute Gasteiger partial charge is 0.396 e. The van der Waals surface area contributed by atoms with Gasteiger partial charge in [0.2, 0.25) is 0 Å². The molecule has 1 aromatic rings. The van der Waals surface area contributed by atoms with E-state index in [0.717, 1.165) is 25.9 Å². The maximum atomic E-state index is 8.75. The molecule has 0 saturated heterocycles. The zero-order chi connectivity index (χ0) is 9.10. The van der Waals surface area contributed by atoms with Crippen molar-refractivity contribution in [3.05, 3.63) is 29.8 Å². The summed E-state index contributed by atoms with van der Waals surface area (Å²) in [5.41, 5.74) is 2.80. The molecular formula is C11H16ClNO. The summed E-state index contributed by atoms with van der Waals surface area (Å²) in [5, 5.41) is 8.75. The maximum Gasteiger partial charge on any atom is 0.0447 e. The van der Waals surface area contributed by atoms with Crippen LogP contribution in [0.4, 0.5) is 5.69 Å². The second-order valence-corrected chi connectivity index (χ2v) is 3.44. The first-order valence-electron chi connectivity index (χ1n) is 4.85. The topological polar surface area (TPSA) is 23.5 Å². The first-order valence-corrected chi connectivity index (χ1v) is 4.85. The maximum absolute atomic E-state index is 8.75. The Morgan fingerprint density at radius 2 is 2.07 bits per heavy atom. The van der Waals surface area contributed by atoms with Crippen LogP contribution < -0.4 is 4.90 Å². The summed E-state index contributed by atoms with van der Waals surface area (Å²) >= 11 is 0. The molecule has 0 spiro atoms. The van der Waals surface area contributed by atoms with Gasteiger partial charge < -0.3 is 10.0 Å². The van der Waals surface area contributed by atoms with E-state index >= 15 is 0 Å². The van der Waals surface area contributed by atoms with Crippen LogP contribution in [0.5, 0.6) is 0 Å². The lowest BCUT2D eigenvalue weighted by atomic mass is 10.2. The summed E-state index contributed by atoms with van der Waals surface area (Å²) in [6.45, 7) is 2.38. The number of rotatable bonds is 3. The van der Waals surface area contributed by atoms with Crippen molar-refractivity contribution in [2.75, 3.05) is 24.6 Å². The third-order valence-corrected chi connectivity index (χ3v) is 2.57. The number of aliphatic hydroxyl groups is 1. The molecule has 0 unspecified atom stereocenters. The number of nitrogens with zero attached hydrogens (tertiary/aromatic N) is 1. The van der Waals surface area contributed by atoms with Crippen LogP contribution in [0, 0.1) is 0 Å². The molecule has 1 N–H and O–H groups in total. The monoisotopic (exact) mass is 213 g/mol. The van der Waals surface area contributed by atoms with Crippen LogP contribution in [0.25, 0.3) is 0 Å². The van der Waals surface area contributed by atoms with E-state index < -0.39 is 0 Å². The average molecular weight is 214 g/mol. The van der Waals surface area contributed by atoms with Crippen molar-refractivity contribution in [2.24, 2.45) is 0 Å². The van der Waals surface area contributed by atoms with Gasteiger partial charge in [-0.3, -0.25) is 0 Å². The second-order valence-electron chi connectivity index (χ2n) is 3.44. The summed E-state index contributed by atoms with van der Waals surface area (Å²) < 4.78 is 0. The van der Waals surface area contributed by atoms with E-state index in [9.17, 15) is 0 Å². The van der Waals surface area contributed by atoms with Gasteiger partial charge in [0.05, 0.1) is 0 Å². The molecule has 14 heavy (non-hydrogen) atoms. The van der Waals surface area contributed by atoms with Crippen LogP contribution in [-0.4, -0.2) is 24.8 Å². The summed E-state index contributed by atoms with van der Waals surface area (Å²) in [6.07, 6.45) is 2.02. The minimum Gasteiger partial charge on any atom is -0.396 e. The Labute approximate surface area is 91.0 Å². The van der Waals surface area contributed by atoms with Crippen molar-refractivity contribution < 1.29 is 5.11 Å². The molecule has 3 heteroatoms. The Bertz CT molecular complexity index is 290. The van der Waals surface area contributed by atoms with Gasteiger partial charge in [0.1, 0.15) is 0 Å². The molecule has 2 rings (SSSR count). The third kappa shape index (κ3) is 2.20. The molecule has 0 atom stereocenters. The molecule has 1 aliphatic heterocycles. The van der Waals surface area contributed by atoms with Crippen LogP contribution in [0.15, 0.2) is 24.3 Å². The molecule has 1 heterocycles. The predicted molar refractivity (Wildman–Crippen MR) is 61.3 cm³/mol. The van der Waals surface area contributed by atoms with Crippen LogP contribution >= 0.6 is 12.4 Å². The van der Waals surface area contributed by atoms with E-state index in [4.69, 9.17) is 5.11 Å². The lowest BCUT2D eigenvalue weighted by Crippen LogP contribution is -2.22. The number of halogens is 1. The molecule has 0 saturated carbocycles. The number of aliphatic hydroxyl groups excluding tert-OH is 1. The van der Waals surface area contributed by atoms with Crippen LogP contribution in [0.1, 0.15) is 12.0 Å². The highest BCUT2D eigenvalue weighted by molar-refractivity contribution is 5.85. The Morgan fingerprint density at radius 3 is 2.86 bits per heavy atom. The zero-order valence-electron chi connectivity index (χ0n) is 8.15. The highest BCUT2D eigenvalue weighted by Gasteiger charge is 2.16. The van der Waals surface area contributed by atoms with E-state index in [2.05, 4.69) is 29.2 Å². The molecule has 1 aromatic carbocycles. The molecule has 2 nitrogen and oxygen atoms in total. The third-order valence-electron chi connectivity index (χ3n) is 2.57. The molecule has 0 amide bonds. The van der Waals surface area contributed by atoms with Crippen LogP contribution in [0.2, 0.25) is 0 Å². The number of para-hydroxylation sites is 1. The van der Waals surface area contributed by atoms with E-state index in [1.807, 2.05) is 0 Å². The summed E-state index contributed by atoms with van der Waals surface area (Å²) in [6, 6.07) is 8.53. The van der Waals surface area contributed by atoms with Crippen LogP contribution in [0.3, 0.4) is 0 Å². The van der Waals surface area contributed by atoms with Crippen LogP contribution in [-0.2, 0) is 6.42 Å². The van der Waals surface area contributed by atoms with E-state index in [-0.39, 0.29) is 12.4 Å². The number of benzene rings is 1. The van der Waals surface area contributed by atoms with Crippen molar-refractivity contribution in [3.63, 3.8) is 0 Å². The second kappa shape index (κ2) is 5.23. The fourth-order valence-corrected chi connectivity index (χ4v) is 1.90. The van der Waals surface area contributed by atoms with Gasteiger partial charge in [-0.2, -0.15) is 0 Å². The lowest BCUT2D eigenvalue weighted by Gasteiger charge is -2.18. The Kier molecular flexibility index (Phi) is 4.23. The van der Waals surface area contributed by atoms with Crippen molar-refractivity contribution in [1.29, 1.82) is 0 Å². The molecule has 0 bridgehead atoms. The minimum atomic E-state index is 0. The van der Waals surface area contributed by atoms with Crippen molar-refractivity contribution in [3.8, 4) is 0 Å². The van der Waals surface area contributed by atoms with E-state index in [1.165, 1.54) is 11.3 Å². The van der Waals surface area contributed by atoms with Gasteiger partial charge in [0.25, 0.3) is 0 Å². The van der Waals surface area contributed by atoms with Gasteiger partial charge >= 0.3 is 0 Å². The highest BCUT2D eigenvalue weighted by Crippen LogP contribution is 2.26. The highest BCUT2D eigenvalue weighted by atomic mass is 35.5. The van der Waals surface area contributed by atoms with E-state index in [0.29, 0.717) is 6.61 Å². The Balaban J connectivity index is 0.000000980. The van der Waals surface area contributed by atoms with Gasteiger partial charge in [-0.05, 0) is 24.5 Å². The van der Waals surface area contributed by atoms with Gasteiger partial charge in [-0.1, -0.05) is 18.2 Å². The average Bonchev–Trinajstić information content (AvgIpc) is 2.58. The summed E-state index contributed by atoms with van der Waals surface area (Å²) in [5.74, 6) is 0. The van der Waals surface area contributed by atoms with Crippen molar-refractivity contribution in [2.45, 2.75) is 12.8 Å². The fourth-order valence-electron chi connectivity index (χ4n) is 1.90. The van der Waals surface area contributed by atoms with Gasteiger partial charge in [-0.15, -0.1) is 12.4 Å². The summed E-state index contributed by atoms with van der Waals surface area (Å²) in [7, 11) is 0. The number of fused-ring (bicyclic) bond motifs is 1. The molecule has 1 aliphatic rings. The van der Waals surface area contributed by atoms with Gasteiger partial charge in [0, 0.05) is 25.4 Å². The predicted octanol–water partition coefficient (Wildman–Crippen LogP) is 1.85. The first-order chi connectivity index (χ1) is 6.42. The number of anilines is 1. The van der Waals surface area contributed by atoms with Crippen molar-refractivity contribution in [1.82, 2.24) is 0 Å². The molecule has 0 fully saturated rings. The smallest absolute Gasteiger partial charge is 0.0447 e. The zero-order valence-corrected chi connectivity index (χ0v) is 8.96. The Morgan fingerprint density at radius 1 is 1.29 bits per heavy atom. The minimum absolute atomic E-state index is 0. The molecule has 0 radical (unpaired) electrons.